The molecule has 6 heteroatoms. The molecule has 1 aromatic carbocycles. The van der Waals surface area contributed by atoms with Gasteiger partial charge >= 0.3 is 12.6 Å². The quantitative estimate of drug-likeness (QED) is 0.834. The van der Waals surface area contributed by atoms with E-state index in [1.807, 2.05) is 0 Å². The summed E-state index contributed by atoms with van der Waals surface area (Å²) in [6.45, 7) is -0.692. The number of esters is 1. The number of rotatable bonds is 5. The van der Waals surface area contributed by atoms with Gasteiger partial charge in [-0.15, -0.1) is 0 Å². The van der Waals surface area contributed by atoms with Crippen LogP contribution in [-0.2, 0) is 9.53 Å². The molecule has 104 valence electrons. The average molecular weight is 271 g/mol. The van der Waals surface area contributed by atoms with Crippen LogP contribution in [0.5, 0.6) is 5.75 Å². The van der Waals surface area contributed by atoms with E-state index in [1.54, 1.807) is 25.1 Å². The Hall–Kier alpha value is -1.69. The summed E-state index contributed by atoms with van der Waals surface area (Å²) in [5, 5.41) is 3.06. The summed E-state index contributed by atoms with van der Waals surface area (Å²) in [5.74, 6) is -0.192. The highest BCUT2D eigenvalue weighted by Crippen LogP contribution is 2.27. The van der Waals surface area contributed by atoms with Gasteiger partial charge in [-0.2, -0.15) is 8.78 Å². The van der Waals surface area contributed by atoms with Crippen molar-refractivity contribution < 1.29 is 23.0 Å². The molecule has 2 rings (SSSR count). The summed E-state index contributed by atoms with van der Waals surface area (Å²) in [4.78, 5) is 11.4. The minimum absolute atomic E-state index is 0.115. The van der Waals surface area contributed by atoms with Crippen LogP contribution in [0.2, 0.25) is 0 Å². The number of benzene rings is 1. The molecule has 1 aromatic rings. The number of hydrogen-bond donors (Lipinski definition) is 1. The molecule has 1 heterocycles. The maximum absolute atomic E-state index is 12.3. The highest BCUT2D eigenvalue weighted by atomic mass is 19.3. The first-order chi connectivity index (χ1) is 9.08. The second-order valence-corrected chi connectivity index (χ2v) is 4.31. The van der Waals surface area contributed by atoms with Gasteiger partial charge in [-0.25, -0.2) is 0 Å². The van der Waals surface area contributed by atoms with Gasteiger partial charge in [0.1, 0.15) is 11.8 Å². The number of nitrogens with one attached hydrogen (secondary N) is 1. The van der Waals surface area contributed by atoms with Gasteiger partial charge in [0.2, 0.25) is 0 Å². The Morgan fingerprint density at radius 1 is 1.42 bits per heavy atom. The molecule has 2 atom stereocenters. The third-order valence-corrected chi connectivity index (χ3v) is 2.99. The van der Waals surface area contributed by atoms with Crippen molar-refractivity contribution in [1.82, 2.24) is 5.32 Å². The van der Waals surface area contributed by atoms with E-state index in [-0.39, 0.29) is 17.8 Å². The fourth-order valence-electron chi connectivity index (χ4n) is 2.08. The number of ether oxygens (including phenoxy) is 2. The zero-order valence-electron chi connectivity index (χ0n) is 10.4. The second kappa shape index (κ2) is 5.97. The fraction of sp³-hybridized carbons (Fsp3) is 0.462. The minimum atomic E-state index is -2.87. The van der Waals surface area contributed by atoms with Crippen LogP contribution in [0.15, 0.2) is 24.3 Å². The predicted octanol–water partition coefficient (Wildman–Crippen LogP) is 2.25. The van der Waals surface area contributed by atoms with Gasteiger partial charge in [-0.1, -0.05) is 18.2 Å². The van der Waals surface area contributed by atoms with E-state index in [0.29, 0.717) is 18.6 Å². The summed E-state index contributed by atoms with van der Waals surface area (Å²) in [6, 6.07) is 5.85. The van der Waals surface area contributed by atoms with Crippen molar-refractivity contribution in [3.05, 3.63) is 29.8 Å². The number of para-hydroxylation sites is 1. The molecule has 0 radical (unpaired) electrons. The van der Waals surface area contributed by atoms with E-state index in [9.17, 15) is 13.6 Å². The van der Waals surface area contributed by atoms with Gasteiger partial charge in [0.15, 0.2) is 0 Å². The van der Waals surface area contributed by atoms with E-state index >= 15 is 0 Å². The lowest BCUT2D eigenvalue weighted by molar-refractivity contribution is -0.139. The molecule has 1 aliphatic heterocycles. The predicted molar refractivity (Wildman–Crippen MR) is 64.0 cm³/mol. The van der Waals surface area contributed by atoms with E-state index in [2.05, 4.69) is 10.1 Å². The van der Waals surface area contributed by atoms with Gasteiger partial charge in [-0.3, -0.25) is 10.1 Å². The first-order valence-electron chi connectivity index (χ1n) is 6.04. The molecular weight excluding hydrogens is 256 g/mol. The summed E-state index contributed by atoms with van der Waals surface area (Å²) >= 11 is 0. The molecule has 0 amide bonds. The molecule has 1 N–H and O–H groups in total. The Morgan fingerprint density at radius 3 is 2.79 bits per heavy atom. The van der Waals surface area contributed by atoms with Crippen molar-refractivity contribution in [2.24, 2.45) is 0 Å². The molecule has 0 aliphatic carbocycles. The molecule has 0 spiro atoms. The van der Waals surface area contributed by atoms with Gasteiger partial charge < -0.3 is 9.47 Å². The van der Waals surface area contributed by atoms with Crippen molar-refractivity contribution in [2.45, 2.75) is 32.0 Å². The number of cyclic esters (lactones) is 1. The summed E-state index contributed by atoms with van der Waals surface area (Å²) in [6.07, 6.45) is 0.584. The van der Waals surface area contributed by atoms with Crippen molar-refractivity contribution in [1.29, 1.82) is 0 Å². The lowest BCUT2D eigenvalue weighted by Crippen LogP contribution is -2.35. The molecule has 2 unspecified atom stereocenters. The van der Waals surface area contributed by atoms with Crippen LogP contribution >= 0.6 is 0 Å². The Bertz CT molecular complexity index is 453. The van der Waals surface area contributed by atoms with E-state index in [4.69, 9.17) is 4.74 Å². The smallest absolute Gasteiger partial charge is 0.387 e. The molecule has 19 heavy (non-hydrogen) atoms. The Labute approximate surface area is 109 Å². The topological polar surface area (TPSA) is 47.6 Å². The SMILES string of the molecule is CC(NC1CCOC1=O)c1ccccc1OC(F)F. The van der Waals surface area contributed by atoms with Crippen LogP contribution in [0.4, 0.5) is 8.78 Å². The van der Waals surface area contributed by atoms with Crippen molar-refractivity contribution in [3.63, 3.8) is 0 Å². The van der Waals surface area contributed by atoms with Gasteiger partial charge in [0.05, 0.1) is 6.61 Å². The highest BCUT2D eigenvalue weighted by molar-refractivity contribution is 5.77. The monoisotopic (exact) mass is 271 g/mol. The fourth-order valence-corrected chi connectivity index (χ4v) is 2.08. The number of alkyl halides is 2. The van der Waals surface area contributed by atoms with E-state index in [0.717, 1.165) is 0 Å². The van der Waals surface area contributed by atoms with Gasteiger partial charge in [0.25, 0.3) is 0 Å². The third kappa shape index (κ3) is 3.41. The normalized spacial score (nSPS) is 20.4. The van der Waals surface area contributed by atoms with Crippen LogP contribution in [-0.4, -0.2) is 25.2 Å². The first-order valence-corrected chi connectivity index (χ1v) is 6.04. The molecular formula is C13H15F2NO3. The molecule has 1 aliphatic rings. The summed E-state index contributed by atoms with van der Waals surface area (Å²) in [5.41, 5.74) is 0.586. The second-order valence-electron chi connectivity index (χ2n) is 4.31. The van der Waals surface area contributed by atoms with E-state index < -0.39 is 12.7 Å². The molecule has 1 fully saturated rings. The Kier molecular flexibility index (Phi) is 4.31. The average Bonchev–Trinajstić information content (AvgIpc) is 2.75. The van der Waals surface area contributed by atoms with Crippen LogP contribution in [0.3, 0.4) is 0 Å². The van der Waals surface area contributed by atoms with Crippen LogP contribution in [0.25, 0.3) is 0 Å². The third-order valence-electron chi connectivity index (χ3n) is 2.99. The molecule has 1 saturated heterocycles. The highest BCUT2D eigenvalue weighted by Gasteiger charge is 2.28. The number of halogens is 2. The van der Waals surface area contributed by atoms with Gasteiger partial charge in [-0.05, 0) is 13.0 Å². The van der Waals surface area contributed by atoms with Gasteiger partial charge in [0, 0.05) is 18.0 Å². The maximum Gasteiger partial charge on any atom is 0.387 e. The minimum Gasteiger partial charge on any atom is -0.464 e. The molecule has 0 saturated carbocycles. The summed E-state index contributed by atoms with van der Waals surface area (Å²) in [7, 11) is 0. The van der Waals surface area contributed by atoms with Crippen molar-refractivity contribution in [2.75, 3.05) is 6.61 Å². The zero-order valence-corrected chi connectivity index (χ0v) is 10.4. The first kappa shape index (κ1) is 13.7. The van der Waals surface area contributed by atoms with Crippen molar-refractivity contribution >= 4 is 5.97 Å². The maximum atomic E-state index is 12.3. The largest absolute Gasteiger partial charge is 0.464 e. The number of hydrogen-bond acceptors (Lipinski definition) is 4. The van der Waals surface area contributed by atoms with Crippen LogP contribution in [0, 0.1) is 0 Å². The standard InChI is InChI=1S/C13H15F2NO3/c1-8(16-10-6-7-18-12(10)17)9-4-2-3-5-11(9)19-13(14)15/h2-5,8,10,13,16H,6-7H2,1H3. The molecule has 0 bridgehead atoms. The molecule has 4 nitrogen and oxygen atoms in total. The zero-order chi connectivity index (χ0) is 13.8. The lowest BCUT2D eigenvalue weighted by Gasteiger charge is -2.20. The Balaban J connectivity index is 2.09. The lowest BCUT2D eigenvalue weighted by atomic mass is 10.1. The molecule has 0 aromatic heterocycles. The van der Waals surface area contributed by atoms with E-state index in [1.165, 1.54) is 6.07 Å². The van der Waals surface area contributed by atoms with Crippen LogP contribution in [0.1, 0.15) is 24.9 Å². The van der Waals surface area contributed by atoms with Crippen molar-refractivity contribution in [3.8, 4) is 5.75 Å². The Morgan fingerprint density at radius 2 is 2.16 bits per heavy atom. The van der Waals surface area contributed by atoms with Crippen LogP contribution < -0.4 is 10.1 Å². The summed E-state index contributed by atoms with van der Waals surface area (Å²) < 4.78 is 33.9. The number of carbonyl (C=O) groups is 1. The number of carbonyl (C=O) groups excluding carboxylic acids is 1.